The highest BCUT2D eigenvalue weighted by molar-refractivity contribution is 5.07. The summed E-state index contributed by atoms with van der Waals surface area (Å²) >= 11 is 0. The Bertz CT molecular complexity index is 828. The fraction of sp³-hybridized carbons (Fsp3) is 0.806. The molecule has 0 N–H and O–H groups in total. The lowest BCUT2D eigenvalue weighted by atomic mass is 10.0. The number of hydrogen-bond donors (Lipinski definition) is 0. The molecule has 0 radical (unpaired) electrons. The van der Waals surface area contributed by atoms with E-state index in [-0.39, 0.29) is 0 Å². The van der Waals surface area contributed by atoms with Crippen molar-refractivity contribution < 1.29 is 0 Å². The van der Waals surface area contributed by atoms with Crippen molar-refractivity contribution in [1.82, 2.24) is 0 Å². The van der Waals surface area contributed by atoms with Crippen LogP contribution < -0.4 is 0 Å². The lowest BCUT2D eigenvalue weighted by Crippen LogP contribution is -1.85. The molecule has 6 saturated carbocycles. The molecular weight excluding hydrogens is 745 g/mol. The predicted molar refractivity (Wildman–Crippen MR) is 286 cm³/mol. The summed E-state index contributed by atoms with van der Waals surface area (Å²) in [5.41, 5.74) is 0. The van der Waals surface area contributed by atoms with Crippen LogP contribution in [0.4, 0.5) is 0 Å². The summed E-state index contributed by atoms with van der Waals surface area (Å²) < 4.78 is 0. The summed E-state index contributed by atoms with van der Waals surface area (Å²) in [5.74, 6) is 0. The number of allylic oxidation sites excluding steroid dienone is 12. The largest absolute Gasteiger partial charge is 0.0885 e. The van der Waals surface area contributed by atoms with Gasteiger partial charge in [-0.1, -0.05) is 323 Å². The van der Waals surface area contributed by atoms with E-state index in [9.17, 15) is 0 Å². The molecule has 0 saturated heterocycles. The SMILES string of the molecule is C1=CCC=CC1.C1=CCCC1.C1=CCCC=C1.C1=CCCCC1.C1CC1.C1CCC1.C1CCCC1.C1CCCCCC1.C1CCCCCCC1.C1CCCCCCCCCCC1. The molecule has 0 aliphatic heterocycles. The van der Waals surface area contributed by atoms with E-state index in [4.69, 9.17) is 0 Å². The maximum absolute atomic E-state index is 2.27. The van der Waals surface area contributed by atoms with E-state index in [0.29, 0.717) is 0 Å². The molecule has 10 aliphatic rings. The highest BCUT2D eigenvalue weighted by Crippen LogP contribution is 2.19. The van der Waals surface area contributed by atoms with Gasteiger partial charge in [0.1, 0.15) is 0 Å². The number of hydrogen-bond acceptors (Lipinski definition) is 0. The lowest BCUT2D eigenvalue weighted by molar-refractivity contribution is 0.504. The van der Waals surface area contributed by atoms with E-state index in [1.165, 1.54) is 308 Å². The van der Waals surface area contributed by atoms with Crippen molar-refractivity contribution in [2.45, 2.75) is 321 Å². The molecule has 0 bridgehead atoms. The van der Waals surface area contributed by atoms with E-state index in [1.54, 1.807) is 0 Å². The number of rotatable bonds is 0. The molecule has 6 fully saturated rings. The second kappa shape index (κ2) is 55.6. The molecule has 0 aromatic carbocycles. The first-order chi connectivity index (χ1) is 31.0. The Morgan fingerprint density at radius 3 is 0.355 bits per heavy atom. The molecule has 0 nitrogen and oxygen atoms in total. The molecule has 0 heterocycles. The second-order valence-corrected chi connectivity index (χ2v) is 19.8. The molecule has 0 atom stereocenters. The molecule has 0 unspecified atom stereocenters. The summed E-state index contributed by atoms with van der Waals surface area (Å²) in [6.07, 6.45) is 99.0. The van der Waals surface area contributed by atoms with Crippen molar-refractivity contribution in [2.75, 3.05) is 0 Å². The molecule has 62 heavy (non-hydrogen) atoms. The van der Waals surface area contributed by atoms with E-state index in [1.807, 2.05) is 0 Å². The van der Waals surface area contributed by atoms with Gasteiger partial charge in [-0.05, 0) is 70.6 Å². The Kier molecular flexibility index (Phi) is 52.4. The zero-order chi connectivity index (χ0) is 43.8. The van der Waals surface area contributed by atoms with Gasteiger partial charge < -0.3 is 0 Å². The third-order valence-electron chi connectivity index (χ3n) is 13.2. The normalized spacial score (nSPS) is 22.5. The van der Waals surface area contributed by atoms with E-state index < -0.39 is 0 Å². The summed E-state index contributed by atoms with van der Waals surface area (Å²) in [4.78, 5) is 0. The van der Waals surface area contributed by atoms with Crippen LogP contribution in [0.25, 0.3) is 0 Å². The van der Waals surface area contributed by atoms with Crippen molar-refractivity contribution in [3.8, 4) is 0 Å². The van der Waals surface area contributed by atoms with E-state index >= 15 is 0 Å². The minimum absolute atomic E-state index is 1.14. The average molecular weight is 858 g/mol. The lowest BCUT2D eigenvalue weighted by Gasteiger charge is -2.05. The smallest absolute Gasteiger partial charge is 0.0169 e. The molecule has 10 aliphatic carbocycles. The molecule has 0 spiro atoms. The van der Waals surface area contributed by atoms with Crippen LogP contribution in [-0.4, -0.2) is 0 Å². The molecular formula is C62H112. The summed E-state index contributed by atoms with van der Waals surface area (Å²) in [6.45, 7) is 0. The molecule has 10 rings (SSSR count). The van der Waals surface area contributed by atoms with Crippen LogP contribution in [0.2, 0.25) is 0 Å². The van der Waals surface area contributed by atoms with Gasteiger partial charge in [-0.15, -0.1) is 0 Å². The van der Waals surface area contributed by atoms with E-state index in [2.05, 4.69) is 72.9 Å². The van der Waals surface area contributed by atoms with Gasteiger partial charge in [-0.25, -0.2) is 0 Å². The molecule has 0 aromatic heterocycles. The third-order valence-corrected chi connectivity index (χ3v) is 13.2. The summed E-state index contributed by atoms with van der Waals surface area (Å²) in [7, 11) is 0. The highest BCUT2D eigenvalue weighted by atomic mass is 14.1. The standard InChI is InChI=1S/C12H24.C8H16.C7H14.C6H10.2C6H8.C5H10.C5H8.C4H8.C3H6/c1-2-4-6-8-10-12-11-9-7-5-3-1;1-2-4-6-8-7-5-3-1;1-2-4-6-7-5-3-1;3*1-2-4-6-5-3-1;2*1-2-4-5-3-1;1-2-4-3-1;1-2-3-1/h1-12H2;1-8H2;1-7H2;1-2H,3-6H2;1-2,5-6H,3-4H2;1-4H,5-6H2;1-5H2;1-2H,3-5H2;1-4H2;1-3H2. The predicted octanol–water partition coefficient (Wildman–Crippen LogP) is 22.8. The first-order valence-corrected chi connectivity index (χ1v) is 28.9. The second-order valence-electron chi connectivity index (χ2n) is 19.8. The summed E-state index contributed by atoms with van der Waals surface area (Å²) in [5, 5.41) is 0. The monoisotopic (exact) mass is 857 g/mol. The van der Waals surface area contributed by atoms with Gasteiger partial charge in [0.15, 0.2) is 0 Å². The first kappa shape index (κ1) is 58.5. The van der Waals surface area contributed by atoms with Crippen LogP contribution in [0.5, 0.6) is 0 Å². The maximum atomic E-state index is 2.27. The topological polar surface area (TPSA) is 0 Å². The van der Waals surface area contributed by atoms with Crippen molar-refractivity contribution in [1.29, 1.82) is 0 Å². The Hall–Kier alpha value is -1.56. The van der Waals surface area contributed by atoms with E-state index in [0.717, 1.165) is 12.8 Å². The van der Waals surface area contributed by atoms with Crippen LogP contribution in [0, 0.1) is 0 Å². The zero-order valence-electron chi connectivity index (χ0n) is 42.3. The molecule has 0 heteroatoms. The molecule has 360 valence electrons. The average Bonchev–Trinajstić information content (AvgIpc) is 3.90. The van der Waals surface area contributed by atoms with Gasteiger partial charge in [0.25, 0.3) is 0 Å². The molecule has 0 amide bonds. The fourth-order valence-electron chi connectivity index (χ4n) is 8.34. The van der Waals surface area contributed by atoms with Crippen LogP contribution in [0.1, 0.15) is 321 Å². The minimum Gasteiger partial charge on any atom is -0.0885 e. The van der Waals surface area contributed by atoms with Gasteiger partial charge in [-0.2, -0.15) is 0 Å². The van der Waals surface area contributed by atoms with Crippen molar-refractivity contribution >= 4 is 0 Å². The first-order valence-electron chi connectivity index (χ1n) is 28.9. The zero-order valence-corrected chi connectivity index (χ0v) is 42.3. The fourth-order valence-corrected chi connectivity index (χ4v) is 8.34. The quantitative estimate of drug-likeness (QED) is 0.168. The Balaban J connectivity index is 0.000000351. The Labute approximate surface area is 392 Å². The minimum atomic E-state index is 1.14. The Morgan fingerprint density at radius 2 is 0.274 bits per heavy atom. The van der Waals surface area contributed by atoms with Gasteiger partial charge in [0, 0.05) is 0 Å². The maximum Gasteiger partial charge on any atom is -0.0169 e. The van der Waals surface area contributed by atoms with Gasteiger partial charge in [0.2, 0.25) is 0 Å². The van der Waals surface area contributed by atoms with Crippen LogP contribution in [0.15, 0.2) is 72.9 Å². The van der Waals surface area contributed by atoms with Crippen molar-refractivity contribution in [3.05, 3.63) is 72.9 Å². The third kappa shape index (κ3) is 56.5. The summed E-state index contributed by atoms with van der Waals surface area (Å²) in [6, 6.07) is 0. The highest BCUT2D eigenvalue weighted by Gasteiger charge is 1.99. The van der Waals surface area contributed by atoms with Gasteiger partial charge in [0.05, 0.1) is 0 Å². The Morgan fingerprint density at radius 1 is 0.113 bits per heavy atom. The van der Waals surface area contributed by atoms with Crippen LogP contribution in [-0.2, 0) is 0 Å². The van der Waals surface area contributed by atoms with Crippen molar-refractivity contribution in [3.63, 3.8) is 0 Å². The van der Waals surface area contributed by atoms with Crippen LogP contribution >= 0.6 is 0 Å². The van der Waals surface area contributed by atoms with Crippen molar-refractivity contribution in [2.24, 2.45) is 0 Å². The van der Waals surface area contributed by atoms with Gasteiger partial charge >= 0.3 is 0 Å². The van der Waals surface area contributed by atoms with Crippen LogP contribution in [0.3, 0.4) is 0 Å². The van der Waals surface area contributed by atoms with Gasteiger partial charge in [-0.3, -0.25) is 0 Å². The molecule has 0 aromatic rings.